The second-order valence-corrected chi connectivity index (χ2v) is 16.3. The van der Waals surface area contributed by atoms with Crippen LogP contribution in [0.3, 0.4) is 0 Å². The number of hydrogen-bond acceptors (Lipinski definition) is 9. The van der Waals surface area contributed by atoms with Crippen LogP contribution in [0.2, 0.25) is 0 Å². The molecule has 1 fully saturated rings. The first-order valence-electron chi connectivity index (χ1n) is 20.5. The number of aromatic amines is 2. The van der Waals surface area contributed by atoms with Crippen molar-refractivity contribution in [3.8, 4) is 39.5 Å². The van der Waals surface area contributed by atoms with Crippen molar-refractivity contribution in [1.29, 1.82) is 0 Å². The third kappa shape index (κ3) is 8.99. The molecule has 2 aliphatic rings. The van der Waals surface area contributed by atoms with Gasteiger partial charge in [-0.3, -0.25) is 14.2 Å². The van der Waals surface area contributed by atoms with Crippen LogP contribution >= 0.6 is 11.3 Å². The fraction of sp³-hybridized carbons (Fsp3) is 0.422. The van der Waals surface area contributed by atoms with Crippen molar-refractivity contribution in [2.75, 3.05) is 27.2 Å². The Morgan fingerprint density at radius 3 is 2.49 bits per heavy atom. The number of methoxy groups -OCH3 is 1. The normalized spacial score (nSPS) is 16.0. The molecule has 12 nitrogen and oxygen atoms in total. The second-order valence-electron chi connectivity index (χ2n) is 15.0. The van der Waals surface area contributed by atoms with E-state index in [1.54, 1.807) is 23.6 Å². The van der Waals surface area contributed by atoms with E-state index in [0.717, 1.165) is 64.4 Å². The highest BCUT2D eigenvalue weighted by Gasteiger charge is 2.33. The van der Waals surface area contributed by atoms with E-state index < -0.39 is 6.23 Å². The number of amides is 1. The van der Waals surface area contributed by atoms with E-state index in [0.29, 0.717) is 48.0 Å². The Kier molecular flexibility index (Phi) is 14.1. The van der Waals surface area contributed by atoms with Crippen LogP contribution in [0.1, 0.15) is 93.1 Å². The van der Waals surface area contributed by atoms with Gasteiger partial charge in [0.05, 0.1) is 71.2 Å². The van der Waals surface area contributed by atoms with E-state index in [2.05, 4.69) is 91.0 Å². The number of likely N-dealkylation sites (N-methyl/N-ethyl adjacent to an activating group) is 1. The maximum Gasteiger partial charge on any atom is 0.292 e. The van der Waals surface area contributed by atoms with Gasteiger partial charge < -0.3 is 35.0 Å². The van der Waals surface area contributed by atoms with Crippen LogP contribution in [-0.4, -0.2) is 75.1 Å². The monoisotopic (exact) mass is 824 g/mol. The fourth-order valence-corrected chi connectivity index (χ4v) is 8.90. The molecule has 1 amide bonds. The highest BCUT2D eigenvalue weighted by atomic mass is 32.1. The molecule has 8 rings (SSSR count). The number of aromatic nitrogens is 5. The third-order valence-electron chi connectivity index (χ3n) is 10.8. The minimum Gasteiger partial charge on any atom is -0.471 e. The van der Waals surface area contributed by atoms with Crippen LogP contribution in [0, 0.1) is 25.6 Å². The first kappa shape index (κ1) is 43.3. The molecule has 6 heterocycles. The van der Waals surface area contributed by atoms with E-state index in [4.69, 9.17) is 9.53 Å². The number of nitrogens with zero attached hydrogens (tertiary/aromatic N) is 4. The number of thiophene rings is 1. The quantitative estimate of drug-likeness (QED) is 0.0896. The van der Waals surface area contributed by atoms with Crippen molar-refractivity contribution in [2.45, 2.75) is 92.6 Å². The standard InChI is InChI=1S/C41H47FN8O2S.C2H4O2.C2H6/c1-7-13-49(40(51)38(43-6)22(2)3)21-36-45-19-31(47-36)26-16-28(42)37-33-17-27-15-25(30-20-46-39(48-30)29-9-8-12-44-29)10-11-32(27)50(33)41(52-34(37)18-26)35-14-23(4)24(5)53-35;1-4-2-3;1-2/h10-11,14-20,22,29,38,41,43-44H,7-9,12-13,21H2,1-6H3,(H,45,47)(H,46,48);2H,1H3;1-2H3. The lowest BCUT2D eigenvalue weighted by molar-refractivity contribution is -0.135. The number of hydrogen-bond donors (Lipinski definition) is 4. The highest BCUT2D eigenvalue weighted by Crippen LogP contribution is 2.48. The number of benzene rings is 2. The van der Waals surface area contributed by atoms with Gasteiger partial charge in [0, 0.05) is 27.9 Å². The van der Waals surface area contributed by atoms with Gasteiger partial charge in [-0.2, -0.15) is 0 Å². The van der Waals surface area contributed by atoms with Gasteiger partial charge in [-0.05, 0) is 94.6 Å². The van der Waals surface area contributed by atoms with Crippen LogP contribution in [-0.2, 0) is 20.9 Å². The van der Waals surface area contributed by atoms with Crippen LogP contribution in [0.25, 0.3) is 44.7 Å². The van der Waals surface area contributed by atoms with E-state index >= 15 is 4.39 Å². The predicted molar refractivity (Wildman–Crippen MR) is 233 cm³/mol. The number of nitrogens with one attached hydrogen (secondary N) is 4. The van der Waals surface area contributed by atoms with Gasteiger partial charge in [0.2, 0.25) is 12.1 Å². The molecule has 2 aliphatic heterocycles. The number of carbonyl (C=O) groups excluding carboxylic acids is 2. The molecule has 0 aliphatic carbocycles. The highest BCUT2D eigenvalue weighted by molar-refractivity contribution is 7.12. The molecule has 0 saturated carbocycles. The lowest BCUT2D eigenvalue weighted by Gasteiger charge is -2.30. The molecule has 4 aromatic heterocycles. The first-order valence-corrected chi connectivity index (χ1v) is 21.3. The van der Waals surface area contributed by atoms with Crippen molar-refractivity contribution in [3.63, 3.8) is 0 Å². The molecule has 0 spiro atoms. The van der Waals surface area contributed by atoms with Gasteiger partial charge in [0.25, 0.3) is 6.47 Å². The molecule has 59 heavy (non-hydrogen) atoms. The summed E-state index contributed by atoms with van der Waals surface area (Å²) in [5, 5.41) is 7.67. The predicted octanol–water partition coefficient (Wildman–Crippen LogP) is 9.07. The second kappa shape index (κ2) is 19.2. The molecule has 14 heteroatoms. The van der Waals surface area contributed by atoms with E-state index in [1.807, 2.05) is 51.9 Å². The molecule has 0 bridgehead atoms. The molecule has 0 radical (unpaired) electrons. The third-order valence-corrected chi connectivity index (χ3v) is 12.0. The average molecular weight is 825 g/mol. The number of H-pyrrole nitrogens is 2. The number of fused-ring (bicyclic) bond motifs is 5. The van der Waals surface area contributed by atoms with Gasteiger partial charge in [0.15, 0.2) is 0 Å². The Balaban J connectivity index is 0.000000921. The molecular weight excluding hydrogens is 768 g/mol. The zero-order valence-electron chi connectivity index (χ0n) is 35.5. The smallest absolute Gasteiger partial charge is 0.292 e. The zero-order valence-corrected chi connectivity index (χ0v) is 36.4. The molecule has 2 aromatic carbocycles. The van der Waals surface area contributed by atoms with E-state index in [-0.39, 0.29) is 29.7 Å². The first-order chi connectivity index (χ1) is 28.5. The Bertz CT molecular complexity index is 2350. The van der Waals surface area contributed by atoms with E-state index in [9.17, 15) is 4.79 Å². The minimum atomic E-state index is -0.480. The molecular formula is C45H57FN8O4S. The fourth-order valence-electron chi connectivity index (χ4n) is 7.83. The summed E-state index contributed by atoms with van der Waals surface area (Å²) in [6.45, 7) is 16.7. The van der Waals surface area contributed by atoms with Crippen LogP contribution in [0.5, 0.6) is 5.75 Å². The van der Waals surface area contributed by atoms with Gasteiger partial charge in [-0.25, -0.2) is 14.4 Å². The van der Waals surface area contributed by atoms with Crippen LogP contribution in [0.15, 0.2) is 54.9 Å². The Morgan fingerprint density at radius 1 is 1.10 bits per heavy atom. The summed E-state index contributed by atoms with van der Waals surface area (Å²) in [6.07, 6.45) is 6.17. The summed E-state index contributed by atoms with van der Waals surface area (Å²) in [7, 11) is 3.13. The summed E-state index contributed by atoms with van der Waals surface area (Å²) in [4.78, 5) is 42.7. The van der Waals surface area contributed by atoms with Crippen molar-refractivity contribution in [3.05, 3.63) is 87.6 Å². The Labute approximate surface area is 349 Å². The summed E-state index contributed by atoms with van der Waals surface area (Å²) in [5.74, 6) is 1.88. The van der Waals surface area contributed by atoms with Gasteiger partial charge >= 0.3 is 0 Å². The SMILES string of the molecule is CC.CCCN(Cc1ncc(-c2cc(F)c3c(c2)OC(c2cc(C)c(C)s2)n2c-3cc3cc(-c4cnc(C5CCCN5)[nH]4)ccc32)[nH]1)C(=O)C(NC)C(C)C.COC=O. The Morgan fingerprint density at radius 2 is 1.85 bits per heavy atom. The molecule has 314 valence electrons. The van der Waals surface area contributed by atoms with Crippen molar-refractivity contribution in [1.82, 2.24) is 40.0 Å². The average Bonchev–Trinajstić information content (AvgIpc) is 4.09. The number of ether oxygens (including phenoxy) is 2. The van der Waals surface area contributed by atoms with Crippen molar-refractivity contribution >= 4 is 34.6 Å². The largest absolute Gasteiger partial charge is 0.471 e. The van der Waals surface area contributed by atoms with Gasteiger partial charge in [-0.1, -0.05) is 40.7 Å². The van der Waals surface area contributed by atoms with Gasteiger partial charge in [0.1, 0.15) is 23.2 Å². The molecule has 4 N–H and O–H groups in total. The number of rotatable bonds is 12. The number of halogens is 1. The molecule has 3 atom stereocenters. The molecule has 3 unspecified atom stereocenters. The summed E-state index contributed by atoms with van der Waals surface area (Å²) in [5.41, 5.74) is 6.61. The summed E-state index contributed by atoms with van der Waals surface area (Å²) < 4.78 is 29.3. The lowest BCUT2D eigenvalue weighted by atomic mass is 10.0. The van der Waals surface area contributed by atoms with Crippen LogP contribution in [0.4, 0.5) is 4.39 Å². The Hall–Kier alpha value is -5.31. The minimum absolute atomic E-state index is 0.0406. The van der Waals surface area contributed by atoms with Crippen molar-refractivity contribution < 1.29 is 23.5 Å². The van der Waals surface area contributed by atoms with Crippen LogP contribution < -0.4 is 15.4 Å². The number of aryl methyl sites for hydroxylation is 2. The topological polar surface area (TPSA) is 142 Å². The summed E-state index contributed by atoms with van der Waals surface area (Å²) >= 11 is 1.70. The summed E-state index contributed by atoms with van der Waals surface area (Å²) in [6, 6.07) is 14.0. The number of carbonyl (C=O) groups is 2. The molecule has 6 aromatic rings. The maximum absolute atomic E-state index is 16.5. The zero-order chi connectivity index (χ0) is 42.4. The van der Waals surface area contributed by atoms with Gasteiger partial charge in [-0.15, -0.1) is 11.3 Å². The number of imidazole rings is 2. The molecule has 1 saturated heterocycles. The van der Waals surface area contributed by atoms with Crippen molar-refractivity contribution in [2.24, 2.45) is 5.92 Å². The lowest BCUT2D eigenvalue weighted by Crippen LogP contribution is -2.48. The van der Waals surface area contributed by atoms with E-state index in [1.165, 1.54) is 17.6 Å². The maximum atomic E-state index is 16.5.